The Labute approximate surface area is 154 Å². The summed E-state index contributed by atoms with van der Waals surface area (Å²) in [5.74, 6) is -2.34. The minimum Gasteiger partial charge on any atom is -0.465 e. The molecule has 0 aliphatic rings. The van der Waals surface area contributed by atoms with E-state index in [1.165, 1.54) is 0 Å². The first-order valence-corrected chi connectivity index (χ1v) is 8.70. The van der Waals surface area contributed by atoms with Gasteiger partial charge in [0.15, 0.2) is 0 Å². The van der Waals surface area contributed by atoms with Gasteiger partial charge < -0.3 is 18.9 Å². The Hall–Kier alpha value is -1.90. The van der Waals surface area contributed by atoms with Crippen molar-refractivity contribution in [2.45, 2.75) is 38.7 Å². The normalized spacial score (nSPS) is 10.5. The molecule has 0 saturated carbocycles. The van der Waals surface area contributed by atoms with Crippen LogP contribution in [0.4, 0.5) is 0 Å². The first kappa shape index (κ1) is 23.1. The molecule has 0 heterocycles. The van der Waals surface area contributed by atoms with Gasteiger partial charge in [0.1, 0.15) is 25.4 Å². The summed E-state index contributed by atoms with van der Waals surface area (Å²) in [6, 6.07) is 0. The SMILES string of the molecule is C=CC(=O)OCCOC(=O)CCC(=O)OCCC(=O)OC(C)(C)CBr. The average molecular weight is 423 g/mol. The van der Waals surface area contributed by atoms with Gasteiger partial charge in [-0.15, -0.1) is 0 Å². The minimum atomic E-state index is -0.634. The third kappa shape index (κ3) is 13.1. The molecule has 0 amide bonds. The molecule has 0 radical (unpaired) electrons. The van der Waals surface area contributed by atoms with Crippen molar-refractivity contribution in [3.8, 4) is 0 Å². The van der Waals surface area contributed by atoms with Gasteiger partial charge in [-0.05, 0) is 13.8 Å². The Morgan fingerprint density at radius 1 is 0.880 bits per heavy atom. The number of carbonyl (C=O) groups excluding carboxylic acids is 4. The molecule has 8 nitrogen and oxygen atoms in total. The quantitative estimate of drug-likeness (QED) is 0.154. The molecule has 0 aromatic carbocycles. The highest BCUT2D eigenvalue weighted by atomic mass is 79.9. The minimum absolute atomic E-state index is 0.0682. The highest BCUT2D eigenvalue weighted by Gasteiger charge is 2.21. The molecule has 0 rings (SSSR count). The molecule has 0 aliphatic carbocycles. The van der Waals surface area contributed by atoms with Crippen LogP contribution in [0.1, 0.15) is 33.1 Å². The summed E-state index contributed by atoms with van der Waals surface area (Å²) in [4.78, 5) is 45.1. The van der Waals surface area contributed by atoms with Crippen LogP contribution in [-0.4, -0.2) is 54.6 Å². The van der Waals surface area contributed by atoms with E-state index in [0.29, 0.717) is 5.33 Å². The fourth-order valence-corrected chi connectivity index (χ4v) is 1.45. The van der Waals surface area contributed by atoms with E-state index in [4.69, 9.17) is 14.2 Å². The number of esters is 4. The predicted molar refractivity (Wildman–Crippen MR) is 90.9 cm³/mol. The van der Waals surface area contributed by atoms with Gasteiger partial charge in [0.05, 0.1) is 19.3 Å². The van der Waals surface area contributed by atoms with Crippen molar-refractivity contribution in [2.75, 3.05) is 25.2 Å². The summed E-state index contributed by atoms with van der Waals surface area (Å²) in [6.45, 7) is 6.39. The highest BCUT2D eigenvalue weighted by molar-refractivity contribution is 9.09. The van der Waals surface area contributed by atoms with E-state index >= 15 is 0 Å². The fourth-order valence-electron chi connectivity index (χ4n) is 1.34. The Balaban J connectivity index is 3.76. The van der Waals surface area contributed by atoms with Crippen molar-refractivity contribution in [2.24, 2.45) is 0 Å². The number of rotatable bonds is 12. The van der Waals surface area contributed by atoms with Crippen molar-refractivity contribution in [3.63, 3.8) is 0 Å². The first-order valence-electron chi connectivity index (χ1n) is 7.58. The molecule has 0 aromatic heterocycles. The van der Waals surface area contributed by atoms with Crippen LogP contribution in [-0.2, 0) is 38.1 Å². The molecule has 0 atom stereocenters. The van der Waals surface area contributed by atoms with Crippen LogP contribution in [0.2, 0.25) is 0 Å². The molecular formula is C16H23BrO8. The smallest absolute Gasteiger partial charge is 0.330 e. The molecule has 9 heteroatoms. The van der Waals surface area contributed by atoms with E-state index in [-0.39, 0.29) is 39.1 Å². The first-order chi connectivity index (χ1) is 11.7. The lowest BCUT2D eigenvalue weighted by atomic mass is 10.2. The number of carbonyl (C=O) groups is 4. The third-order valence-corrected chi connectivity index (χ3v) is 3.92. The van der Waals surface area contributed by atoms with E-state index in [1.54, 1.807) is 13.8 Å². The second kappa shape index (κ2) is 12.5. The number of hydrogen-bond acceptors (Lipinski definition) is 8. The molecule has 0 aromatic rings. The standard InChI is InChI=1S/C16H23BrO8/c1-4-12(18)23-9-10-24-14(20)6-5-13(19)22-8-7-15(21)25-16(2,3)11-17/h4H,1,5-11H2,2-3H3. The Bertz CT molecular complexity index is 487. The number of hydrogen-bond donors (Lipinski definition) is 0. The third-order valence-electron chi connectivity index (χ3n) is 2.57. The fraction of sp³-hybridized carbons (Fsp3) is 0.625. The molecular weight excluding hydrogens is 400 g/mol. The maximum atomic E-state index is 11.5. The molecule has 142 valence electrons. The molecule has 0 unspecified atom stereocenters. The summed E-state index contributed by atoms with van der Waals surface area (Å²) in [5, 5.41) is 0.487. The van der Waals surface area contributed by atoms with Crippen LogP contribution in [0.15, 0.2) is 12.7 Å². The Morgan fingerprint density at radius 3 is 1.92 bits per heavy atom. The van der Waals surface area contributed by atoms with E-state index in [0.717, 1.165) is 6.08 Å². The van der Waals surface area contributed by atoms with Crippen LogP contribution >= 0.6 is 15.9 Å². The van der Waals surface area contributed by atoms with Crippen molar-refractivity contribution < 1.29 is 38.1 Å². The van der Waals surface area contributed by atoms with Gasteiger partial charge in [-0.2, -0.15) is 0 Å². The largest absolute Gasteiger partial charge is 0.465 e. The summed E-state index contributed by atoms with van der Waals surface area (Å²) < 4.78 is 19.4. The van der Waals surface area contributed by atoms with Crippen molar-refractivity contribution >= 4 is 39.8 Å². The highest BCUT2D eigenvalue weighted by Crippen LogP contribution is 2.13. The maximum absolute atomic E-state index is 11.5. The predicted octanol–water partition coefficient (Wildman–Crippen LogP) is 1.69. The summed E-state index contributed by atoms with van der Waals surface area (Å²) >= 11 is 3.22. The molecule has 0 saturated heterocycles. The van der Waals surface area contributed by atoms with Gasteiger partial charge in [0.25, 0.3) is 0 Å². The van der Waals surface area contributed by atoms with Crippen LogP contribution in [0.5, 0.6) is 0 Å². The Morgan fingerprint density at radius 2 is 1.40 bits per heavy atom. The average Bonchev–Trinajstić information content (AvgIpc) is 2.56. The van der Waals surface area contributed by atoms with Crippen molar-refractivity contribution in [3.05, 3.63) is 12.7 Å². The van der Waals surface area contributed by atoms with E-state index in [9.17, 15) is 19.2 Å². The number of halogens is 1. The van der Waals surface area contributed by atoms with Gasteiger partial charge in [-0.1, -0.05) is 22.5 Å². The Kier molecular flexibility index (Phi) is 11.5. The topological polar surface area (TPSA) is 105 Å². The van der Waals surface area contributed by atoms with Gasteiger partial charge >= 0.3 is 23.9 Å². The van der Waals surface area contributed by atoms with Gasteiger partial charge in [-0.25, -0.2) is 4.79 Å². The van der Waals surface area contributed by atoms with Crippen LogP contribution < -0.4 is 0 Å². The molecule has 0 N–H and O–H groups in total. The van der Waals surface area contributed by atoms with Gasteiger partial charge in [0, 0.05) is 11.4 Å². The summed E-state index contributed by atoms with van der Waals surface area (Å²) in [7, 11) is 0. The summed E-state index contributed by atoms with van der Waals surface area (Å²) in [5.41, 5.74) is -0.634. The zero-order valence-electron chi connectivity index (χ0n) is 14.4. The van der Waals surface area contributed by atoms with Gasteiger partial charge in [0.2, 0.25) is 0 Å². The molecule has 25 heavy (non-hydrogen) atoms. The lowest BCUT2D eigenvalue weighted by Crippen LogP contribution is -2.30. The van der Waals surface area contributed by atoms with E-state index in [2.05, 4.69) is 27.2 Å². The van der Waals surface area contributed by atoms with Crippen LogP contribution in [0.3, 0.4) is 0 Å². The lowest BCUT2D eigenvalue weighted by molar-refractivity contribution is -0.158. The van der Waals surface area contributed by atoms with Crippen LogP contribution in [0.25, 0.3) is 0 Å². The lowest BCUT2D eigenvalue weighted by Gasteiger charge is -2.22. The zero-order valence-corrected chi connectivity index (χ0v) is 16.0. The van der Waals surface area contributed by atoms with E-state index < -0.39 is 29.5 Å². The molecule has 0 bridgehead atoms. The van der Waals surface area contributed by atoms with Crippen molar-refractivity contribution in [1.82, 2.24) is 0 Å². The number of alkyl halides is 1. The maximum Gasteiger partial charge on any atom is 0.330 e. The molecule has 0 aliphatic heterocycles. The summed E-state index contributed by atoms with van der Waals surface area (Å²) in [6.07, 6.45) is 0.582. The van der Waals surface area contributed by atoms with Crippen LogP contribution in [0, 0.1) is 0 Å². The van der Waals surface area contributed by atoms with E-state index in [1.807, 2.05) is 0 Å². The van der Waals surface area contributed by atoms with Crippen molar-refractivity contribution in [1.29, 1.82) is 0 Å². The second-order valence-corrected chi connectivity index (χ2v) is 5.99. The molecule has 0 fully saturated rings. The van der Waals surface area contributed by atoms with Gasteiger partial charge in [-0.3, -0.25) is 14.4 Å². The monoisotopic (exact) mass is 422 g/mol. The number of ether oxygens (including phenoxy) is 4. The molecule has 0 spiro atoms. The zero-order chi connectivity index (χ0) is 19.3. The second-order valence-electron chi connectivity index (χ2n) is 5.43.